The molecule has 3 rings (SSSR count). The average molecular weight is 429 g/mol. The van der Waals surface area contributed by atoms with Crippen LogP contribution in [0.25, 0.3) is 0 Å². The van der Waals surface area contributed by atoms with Gasteiger partial charge in [-0.3, -0.25) is 14.9 Å². The number of hydrogen-bond donors (Lipinski definition) is 1. The van der Waals surface area contributed by atoms with E-state index in [0.717, 1.165) is 54.6 Å². The van der Waals surface area contributed by atoms with Gasteiger partial charge in [-0.1, -0.05) is 0 Å². The van der Waals surface area contributed by atoms with E-state index in [0.29, 0.717) is 6.42 Å². The molecule has 0 radical (unpaired) electrons. The first-order valence-electron chi connectivity index (χ1n) is 8.96. The van der Waals surface area contributed by atoms with Crippen LogP contribution in [-0.2, 0) is 19.3 Å². The molecule has 0 fully saturated rings. The molecule has 29 heavy (non-hydrogen) atoms. The van der Waals surface area contributed by atoms with Crippen molar-refractivity contribution in [1.82, 2.24) is 10.3 Å². The third-order valence-corrected chi connectivity index (χ3v) is 5.54. The number of thiazole rings is 1. The number of ether oxygens (including phenoxy) is 1. The van der Waals surface area contributed by atoms with Gasteiger partial charge in [-0.15, -0.1) is 11.3 Å². The number of carbonyl (C=O) groups is 1. The fraction of sp³-hybridized carbons (Fsp3) is 0.444. The Bertz CT molecular complexity index is 891. The first kappa shape index (κ1) is 21.0. The zero-order chi connectivity index (χ0) is 21.0. The molecule has 11 heteroatoms. The van der Waals surface area contributed by atoms with Crippen molar-refractivity contribution in [2.45, 2.75) is 38.3 Å². The van der Waals surface area contributed by atoms with E-state index in [1.165, 1.54) is 4.88 Å². The van der Waals surface area contributed by atoms with E-state index in [1.807, 2.05) is 0 Å². The number of aromatic nitrogens is 1. The zero-order valence-electron chi connectivity index (χ0n) is 15.3. The third-order valence-electron chi connectivity index (χ3n) is 4.33. The number of rotatable bonds is 7. The summed E-state index contributed by atoms with van der Waals surface area (Å²) in [5.41, 5.74) is 0.243. The molecule has 1 aliphatic rings. The minimum Gasteiger partial charge on any atom is -0.484 e. The number of nitrogens with zero attached hydrogens (tertiary/aromatic N) is 2. The highest BCUT2D eigenvalue weighted by atomic mass is 32.1. The number of fused-ring (bicyclic) bond motifs is 1. The Morgan fingerprint density at radius 1 is 1.31 bits per heavy atom. The molecule has 0 aliphatic heterocycles. The van der Waals surface area contributed by atoms with Gasteiger partial charge in [0.15, 0.2) is 6.61 Å². The number of benzene rings is 1. The van der Waals surface area contributed by atoms with Crippen LogP contribution in [0.3, 0.4) is 0 Å². The van der Waals surface area contributed by atoms with Crippen LogP contribution in [0.5, 0.6) is 5.75 Å². The van der Waals surface area contributed by atoms with E-state index in [1.54, 1.807) is 11.3 Å². The van der Waals surface area contributed by atoms with Crippen LogP contribution in [0, 0.1) is 10.1 Å². The van der Waals surface area contributed by atoms with E-state index in [4.69, 9.17) is 0 Å². The standard InChI is InChI=1S/C18H18F3N3O4S/c19-18(20,21)10-28-11-5-6-14(24(26)27)12(9-11)17(25)22-8-7-16-23-13-3-1-2-4-15(13)29-16/h5-6,9H,1-4,7-8,10H2,(H,22,25). The molecular formula is C18H18F3N3O4S. The number of alkyl halides is 3. The first-order chi connectivity index (χ1) is 13.7. The molecule has 1 aliphatic carbocycles. The Kier molecular flexibility index (Phi) is 6.36. The van der Waals surface area contributed by atoms with Crippen LogP contribution in [0.1, 0.15) is 38.8 Å². The van der Waals surface area contributed by atoms with Crippen LogP contribution in [0.15, 0.2) is 18.2 Å². The predicted molar refractivity (Wildman–Crippen MR) is 99.4 cm³/mol. The SMILES string of the molecule is O=C(NCCc1nc2c(s1)CCCC2)c1cc(OCC(F)(F)F)ccc1[N+](=O)[O-]. The predicted octanol–water partition coefficient (Wildman–Crippen LogP) is 3.84. The fourth-order valence-corrected chi connectivity index (χ4v) is 4.16. The number of hydrogen-bond acceptors (Lipinski definition) is 6. The van der Waals surface area contributed by atoms with Crippen LogP contribution in [0.4, 0.5) is 18.9 Å². The van der Waals surface area contributed by atoms with E-state index in [2.05, 4.69) is 15.0 Å². The summed E-state index contributed by atoms with van der Waals surface area (Å²) in [5, 5.41) is 14.6. The molecule has 0 atom stereocenters. The summed E-state index contributed by atoms with van der Waals surface area (Å²) in [5.74, 6) is -1.03. The highest BCUT2D eigenvalue weighted by molar-refractivity contribution is 7.11. The minimum atomic E-state index is -4.56. The van der Waals surface area contributed by atoms with Crippen molar-refractivity contribution in [2.24, 2.45) is 0 Å². The maximum absolute atomic E-state index is 12.4. The highest BCUT2D eigenvalue weighted by Crippen LogP contribution is 2.27. The Balaban J connectivity index is 1.64. The van der Waals surface area contributed by atoms with Crippen molar-refractivity contribution in [2.75, 3.05) is 13.2 Å². The fourth-order valence-electron chi connectivity index (χ4n) is 3.00. The molecule has 1 N–H and O–H groups in total. The topological polar surface area (TPSA) is 94.4 Å². The lowest BCUT2D eigenvalue weighted by molar-refractivity contribution is -0.385. The summed E-state index contributed by atoms with van der Waals surface area (Å²) in [6.45, 7) is -1.35. The molecule has 156 valence electrons. The van der Waals surface area contributed by atoms with Crippen molar-refractivity contribution < 1.29 is 27.6 Å². The lowest BCUT2D eigenvalue weighted by atomic mass is 10.0. The lowest BCUT2D eigenvalue weighted by Crippen LogP contribution is -2.26. The van der Waals surface area contributed by atoms with Gasteiger partial charge in [0.05, 0.1) is 15.6 Å². The van der Waals surface area contributed by atoms with Gasteiger partial charge in [0.1, 0.15) is 11.3 Å². The Morgan fingerprint density at radius 2 is 2.07 bits per heavy atom. The van der Waals surface area contributed by atoms with Crippen molar-refractivity contribution in [3.05, 3.63) is 49.5 Å². The molecule has 1 amide bonds. The van der Waals surface area contributed by atoms with Gasteiger partial charge in [-0.25, -0.2) is 4.98 Å². The van der Waals surface area contributed by atoms with Gasteiger partial charge in [-0.2, -0.15) is 13.2 Å². The molecule has 0 spiro atoms. The van der Waals surface area contributed by atoms with Crippen molar-refractivity contribution in [3.8, 4) is 5.75 Å². The molecule has 0 bridgehead atoms. The van der Waals surface area contributed by atoms with E-state index in [9.17, 15) is 28.1 Å². The molecule has 1 aromatic carbocycles. The molecule has 0 saturated carbocycles. The van der Waals surface area contributed by atoms with Crippen molar-refractivity contribution >= 4 is 22.9 Å². The second-order valence-electron chi connectivity index (χ2n) is 6.53. The number of nitro benzene ring substituents is 1. The summed E-state index contributed by atoms with van der Waals surface area (Å²) in [6, 6.07) is 2.93. The van der Waals surface area contributed by atoms with Crippen molar-refractivity contribution in [1.29, 1.82) is 0 Å². The van der Waals surface area contributed by atoms with E-state index >= 15 is 0 Å². The maximum atomic E-state index is 12.4. The first-order valence-corrected chi connectivity index (χ1v) is 9.78. The molecule has 2 aromatic rings. The monoisotopic (exact) mass is 429 g/mol. The Labute approximate surface area is 168 Å². The molecule has 0 unspecified atom stereocenters. The molecule has 7 nitrogen and oxygen atoms in total. The van der Waals surface area contributed by atoms with Gasteiger partial charge in [0.2, 0.25) is 0 Å². The zero-order valence-corrected chi connectivity index (χ0v) is 16.1. The van der Waals surface area contributed by atoms with Gasteiger partial charge < -0.3 is 10.1 Å². The van der Waals surface area contributed by atoms with Gasteiger partial charge in [0.25, 0.3) is 11.6 Å². The van der Waals surface area contributed by atoms with Gasteiger partial charge in [0, 0.05) is 23.9 Å². The number of carbonyl (C=O) groups excluding carboxylic acids is 1. The smallest absolute Gasteiger partial charge is 0.422 e. The Hall–Kier alpha value is -2.69. The van der Waals surface area contributed by atoms with Gasteiger partial charge >= 0.3 is 6.18 Å². The number of nitrogens with one attached hydrogen (secondary N) is 1. The minimum absolute atomic E-state index is 0.204. The lowest BCUT2D eigenvalue weighted by Gasteiger charge is -2.11. The number of amides is 1. The number of halogens is 3. The quantitative estimate of drug-likeness (QED) is 0.533. The normalized spacial score (nSPS) is 13.6. The van der Waals surface area contributed by atoms with Gasteiger partial charge in [-0.05, 0) is 37.8 Å². The molecular weight excluding hydrogens is 411 g/mol. The van der Waals surface area contributed by atoms with Crippen LogP contribution < -0.4 is 10.1 Å². The van der Waals surface area contributed by atoms with Crippen LogP contribution in [-0.4, -0.2) is 35.1 Å². The summed E-state index contributed by atoms with van der Waals surface area (Å²) in [7, 11) is 0. The largest absolute Gasteiger partial charge is 0.484 e. The molecule has 1 aromatic heterocycles. The highest BCUT2D eigenvalue weighted by Gasteiger charge is 2.29. The summed E-state index contributed by atoms with van der Waals surface area (Å²) in [4.78, 5) is 28.6. The van der Waals surface area contributed by atoms with E-state index in [-0.39, 0.29) is 17.9 Å². The second-order valence-corrected chi connectivity index (χ2v) is 7.70. The van der Waals surface area contributed by atoms with E-state index < -0.39 is 29.3 Å². The summed E-state index contributed by atoms with van der Waals surface area (Å²) < 4.78 is 41.5. The number of aryl methyl sites for hydroxylation is 2. The maximum Gasteiger partial charge on any atom is 0.422 e. The number of nitro groups is 1. The van der Waals surface area contributed by atoms with Crippen LogP contribution >= 0.6 is 11.3 Å². The van der Waals surface area contributed by atoms with Crippen LogP contribution in [0.2, 0.25) is 0 Å². The Morgan fingerprint density at radius 3 is 2.76 bits per heavy atom. The summed E-state index contributed by atoms with van der Waals surface area (Å²) >= 11 is 1.60. The third kappa shape index (κ3) is 5.66. The molecule has 1 heterocycles. The summed E-state index contributed by atoms with van der Waals surface area (Å²) in [6.07, 6.45) is 0.134. The second kappa shape index (κ2) is 8.76. The average Bonchev–Trinajstić information content (AvgIpc) is 3.08. The van der Waals surface area contributed by atoms with Crippen molar-refractivity contribution in [3.63, 3.8) is 0 Å². The molecule has 0 saturated heterocycles.